The first-order valence-electron chi connectivity index (χ1n) is 8.73. The Hall–Kier alpha value is -3.41. The zero-order chi connectivity index (χ0) is 19.1. The van der Waals surface area contributed by atoms with E-state index in [4.69, 9.17) is 4.74 Å². The number of para-hydroxylation sites is 1. The molecule has 0 atom stereocenters. The molecule has 0 aliphatic carbocycles. The molecule has 1 heterocycles. The highest BCUT2D eigenvalue weighted by atomic mass is 16.5. The summed E-state index contributed by atoms with van der Waals surface area (Å²) in [5, 5.41) is 7.24. The summed E-state index contributed by atoms with van der Waals surface area (Å²) in [6.07, 6.45) is 0.841. The molecule has 0 aliphatic heterocycles. The number of aromatic nitrogens is 2. The first kappa shape index (κ1) is 18.4. The number of anilines is 1. The normalized spacial score (nSPS) is 10.4. The van der Waals surface area contributed by atoms with Crippen molar-refractivity contribution >= 4 is 11.6 Å². The Morgan fingerprint density at radius 2 is 1.78 bits per heavy atom. The predicted octanol–water partition coefficient (Wildman–Crippen LogP) is 3.34. The highest BCUT2D eigenvalue weighted by Crippen LogP contribution is 2.19. The van der Waals surface area contributed by atoms with Gasteiger partial charge in [-0.1, -0.05) is 18.2 Å². The van der Waals surface area contributed by atoms with Gasteiger partial charge in [0.2, 0.25) is 5.91 Å². The number of rotatable bonds is 7. The number of methoxy groups -OCH3 is 1. The maximum absolute atomic E-state index is 12.0. The van der Waals surface area contributed by atoms with Crippen LogP contribution in [0.1, 0.15) is 12.8 Å². The summed E-state index contributed by atoms with van der Waals surface area (Å²) in [5.41, 5.74) is 2.17. The van der Waals surface area contributed by atoms with E-state index in [1.807, 2.05) is 54.6 Å². The van der Waals surface area contributed by atoms with Crippen LogP contribution in [0.3, 0.4) is 0 Å². The van der Waals surface area contributed by atoms with Crippen molar-refractivity contribution < 1.29 is 9.53 Å². The van der Waals surface area contributed by atoms with Crippen molar-refractivity contribution in [2.24, 2.45) is 0 Å². The molecule has 6 nitrogen and oxygen atoms in total. The van der Waals surface area contributed by atoms with Gasteiger partial charge >= 0.3 is 0 Å². The van der Waals surface area contributed by atoms with Crippen LogP contribution in [0.15, 0.2) is 71.5 Å². The van der Waals surface area contributed by atoms with Crippen LogP contribution in [0.5, 0.6) is 5.75 Å². The fraction of sp³-hybridized carbons (Fsp3) is 0.190. The van der Waals surface area contributed by atoms with Gasteiger partial charge in [0, 0.05) is 30.3 Å². The van der Waals surface area contributed by atoms with Crippen LogP contribution in [-0.4, -0.2) is 22.8 Å². The Morgan fingerprint density at radius 1 is 1.04 bits per heavy atom. The molecular formula is C21H21N3O3. The molecule has 0 radical (unpaired) electrons. The van der Waals surface area contributed by atoms with Crippen LogP contribution in [0.25, 0.3) is 11.3 Å². The quantitative estimate of drug-likeness (QED) is 0.699. The molecule has 1 aromatic heterocycles. The Kier molecular flexibility index (Phi) is 5.99. The highest BCUT2D eigenvalue weighted by Gasteiger charge is 2.06. The van der Waals surface area contributed by atoms with E-state index in [2.05, 4.69) is 10.4 Å². The van der Waals surface area contributed by atoms with Gasteiger partial charge in [-0.3, -0.25) is 9.59 Å². The van der Waals surface area contributed by atoms with Crippen LogP contribution >= 0.6 is 0 Å². The zero-order valence-electron chi connectivity index (χ0n) is 15.1. The van der Waals surface area contributed by atoms with Crippen molar-refractivity contribution in [2.75, 3.05) is 12.4 Å². The van der Waals surface area contributed by atoms with E-state index in [1.165, 1.54) is 10.7 Å². The molecule has 0 saturated carbocycles. The molecule has 0 unspecified atom stereocenters. The zero-order valence-corrected chi connectivity index (χ0v) is 15.1. The van der Waals surface area contributed by atoms with Crippen molar-refractivity contribution in [1.82, 2.24) is 9.78 Å². The van der Waals surface area contributed by atoms with Crippen LogP contribution in [0, 0.1) is 0 Å². The number of hydrogen-bond acceptors (Lipinski definition) is 4. The molecule has 1 amide bonds. The smallest absolute Gasteiger partial charge is 0.266 e. The van der Waals surface area contributed by atoms with Gasteiger partial charge < -0.3 is 10.1 Å². The van der Waals surface area contributed by atoms with Gasteiger partial charge in [-0.05, 0) is 48.9 Å². The number of amides is 1. The van der Waals surface area contributed by atoms with E-state index < -0.39 is 0 Å². The van der Waals surface area contributed by atoms with Gasteiger partial charge in [0.15, 0.2) is 0 Å². The molecule has 3 aromatic rings. The molecule has 6 heteroatoms. The molecule has 0 fully saturated rings. The summed E-state index contributed by atoms with van der Waals surface area (Å²) in [4.78, 5) is 24.1. The molecule has 0 saturated heterocycles. The number of carbonyl (C=O) groups excluding carboxylic acids is 1. The number of benzene rings is 2. The van der Waals surface area contributed by atoms with Crippen LogP contribution < -0.4 is 15.6 Å². The predicted molar refractivity (Wildman–Crippen MR) is 105 cm³/mol. The number of nitrogens with zero attached hydrogens (tertiary/aromatic N) is 2. The fourth-order valence-electron chi connectivity index (χ4n) is 2.66. The number of carbonyl (C=O) groups is 1. The maximum atomic E-state index is 12.0. The van der Waals surface area contributed by atoms with E-state index >= 15 is 0 Å². The third kappa shape index (κ3) is 5.04. The monoisotopic (exact) mass is 363 g/mol. The fourth-order valence-corrected chi connectivity index (χ4v) is 2.66. The van der Waals surface area contributed by atoms with Crippen molar-refractivity contribution in [2.45, 2.75) is 19.4 Å². The summed E-state index contributed by atoms with van der Waals surface area (Å²) in [6.45, 7) is 0.380. The summed E-state index contributed by atoms with van der Waals surface area (Å²) >= 11 is 0. The van der Waals surface area contributed by atoms with Crippen molar-refractivity contribution in [3.05, 3.63) is 77.1 Å². The van der Waals surface area contributed by atoms with Gasteiger partial charge in [-0.2, -0.15) is 5.10 Å². The van der Waals surface area contributed by atoms with Crippen LogP contribution in [-0.2, 0) is 11.3 Å². The third-order valence-corrected chi connectivity index (χ3v) is 4.08. The van der Waals surface area contributed by atoms with E-state index in [-0.39, 0.29) is 11.5 Å². The molecular weight excluding hydrogens is 342 g/mol. The lowest BCUT2D eigenvalue weighted by Crippen LogP contribution is -2.23. The largest absolute Gasteiger partial charge is 0.497 e. The number of hydrogen-bond donors (Lipinski definition) is 1. The topological polar surface area (TPSA) is 73.2 Å². The maximum Gasteiger partial charge on any atom is 0.266 e. The second kappa shape index (κ2) is 8.80. The van der Waals surface area contributed by atoms with Crippen molar-refractivity contribution in [3.8, 4) is 17.0 Å². The minimum atomic E-state index is -0.185. The van der Waals surface area contributed by atoms with E-state index in [0.717, 1.165) is 17.0 Å². The minimum Gasteiger partial charge on any atom is -0.497 e. The molecule has 2 aromatic carbocycles. The third-order valence-electron chi connectivity index (χ3n) is 4.08. The second-order valence-corrected chi connectivity index (χ2v) is 6.03. The van der Waals surface area contributed by atoms with Gasteiger partial charge in [0.1, 0.15) is 5.75 Å². The SMILES string of the molecule is COc1ccc(-c2ccc(=O)n(CCCC(=O)Nc3ccccc3)n2)cc1. The Morgan fingerprint density at radius 3 is 2.48 bits per heavy atom. The molecule has 27 heavy (non-hydrogen) atoms. The number of ether oxygens (including phenoxy) is 1. The van der Waals surface area contributed by atoms with Crippen molar-refractivity contribution in [3.63, 3.8) is 0 Å². The second-order valence-electron chi connectivity index (χ2n) is 6.03. The molecule has 0 bridgehead atoms. The molecule has 0 spiro atoms. The lowest BCUT2D eigenvalue weighted by Gasteiger charge is -2.08. The Balaban J connectivity index is 1.61. The Labute approximate surface area is 157 Å². The Bertz CT molecular complexity index is 950. The standard InChI is InChI=1S/C21H21N3O3/c1-27-18-11-9-16(10-12-18)19-13-14-21(26)24(23-19)15-5-8-20(25)22-17-6-3-2-4-7-17/h2-4,6-7,9-14H,5,8,15H2,1H3,(H,22,25). The van der Waals surface area contributed by atoms with Gasteiger partial charge in [0.05, 0.1) is 12.8 Å². The number of aryl methyl sites for hydroxylation is 1. The lowest BCUT2D eigenvalue weighted by molar-refractivity contribution is -0.116. The van der Waals surface area contributed by atoms with E-state index in [9.17, 15) is 9.59 Å². The summed E-state index contributed by atoms with van der Waals surface area (Å²) in [6, 6.07) is 20.0. The summed E-state index contributed by atoms with van der Waals surface area (Å²) in [7, 11) is 1.61. The van der Waals surface area contributed by atoms with Gasteiger partial charge in [0.25, 0.3) is 5.56 Å². The minimum absolute atomic E-state index is 0.0828. The summed E-state index contributed by atoms with van der Waals surface area (Å²) in [5.74, 6) is 0.678. The van der Waals surface area contributed by atoms with Crippen molar-refractivity contribution in [1.29, 1.82) is 0 Å². The first-order valence-corrected chi connectivity index (χ1v) is 8.73. The summed E-state index contributed by atoms with van der Waals surface area (Å²) < 4.78 is 6.55. The average molecular weight is 363 g/mol. The van der Waals surface area contributed by atoms with Crippen LogP contribution in [0.4, 0.5) is 5.69 Å². The molecule has 3 rings (SSSR count). The average Bonchev–Trinajstić information content (AvgIpc) is 2.70. The van der Waals surface area contributed by atoms with E-state index in [0.29, 0.717) is 25.1 Å². The molecule has 138 valence electrons. The number of nitrogens with one attached hydrogen (secondary N) is 1. The van der Waals surface area contributed by atoms with Gasteiger partial charge in [-0.25, -0.2) is 4.68 Å². The van der Waals surface area contributed by atoms with E-state index in [1.54, 1.807) is 13.2 Å². The highest BCUT2D eigenvalue weighted by molar-refractivity contribution is 5.90. The first-order chi connectivity index (χ1) is 13.2. The molecule has 1 N–H and O–H groups in total. The molecule has 0 aliphatic rings. The lowest BCUT2D eigenvalue weighted by atomic mass is 10.1. The van der Waals surface area contributed by atoms with Gasteiger partial charge in [-0.15, -0.1) is 0 Å². The van der Waals surface area contributed by atoms with Crippen LogP contribution in [0.2, 0.25) is 0 Å².